The van der Waals surface area contributed by atoms with E-state index in [9.17, 15) is 15.0 Å². The van der Waals surface area contributed by atoms with Gasteiger partial charge in [0.25, 0.3) is 0 Å². The molecule has 6 heteroatoms. The quantitative estimate of drug-likeness (QED) is 0.572. The fraction of sp³-hybridized carbons (Fsp3) is 0.812. The van der Waals surface area contributed by atoms with Gasteiger partial charge in [-0.25, -0.2) is 4.79 Å². The standard InChI is InChI=1S/C16H28O6/c1-6-12(3)13(19)22-16(14(4,5)8-17)20-10-15(7-2,9-18)11-21-16/h6,17-18H,7-11H2,1-5H3. The smallest absolute Gasteiger partial charge is 0.337 e. The van der Waals surface area contributed by atoms with Crippen molar-refractivity contribution in [2.75, 3.05) is 26.4 Å². The Hall–Kier alpha value is -0.950. The Kier molecular flexibility index (Phi) is 6.15. The van der Waals surface area contributed by atoms with E-state index in [2.05, 4.69) is 0 Å². The average molecular weight is 316 g/mol. The lowest BCUT2D eigenvalue weighted by atomic mass is 9.84. The molecule has 1 rings (SSSR count). The zero-order valence-corrected chi connectivity index (χ0v) is 14.1. The van der Waals surface area contributed by atoms with Crippen molar-refractivity contribution in [2.24, 2.45) is 10.8 Å². The monoisotopic (exact) mass is 316 g/mol. The van der Waals surface area contributed by atoms with Gasteiger partial charge in [-0.05, 0) is 34.1 Å². The highest BCUT2D eigenvalue weighted by Crippen LogP contribution is 2.43. The Labute approximate surface area is 132 Å². The fourth-order valence-corrected chi connectivity index (χ4v) is 1.99. The largest absolute Gasteiger partial charge is 0.404 e. The topological polar surface area (TPSA) is 85.2 Å². The van der Waals surface area contributed by atoms with Crippen molar-refractivity contribution in [3.8, 4) is 0 Å². The Bertz CT molecular complexity index is 412. The van der Waals surface area contributed by atoms with Crippen molar-refractivity contribution in [1.29, 1.82) is 0 Å². The molecule has 0 aliphatic carbocycles. The van der Waals surface area contributed by atoms with Gasteiger partial charge in [-0.3, -0.25) is 0 Å². The van der Waals surface area contributed by atoms with Crippen LogP contribution >= 0.6 is 0 Å². The van der Waals surface area contributed by atoms with Crippen LogP contribution in [0.4, 0.5) is 0 Å². The minimum absolute atomic E-state index is 0.0824. The maximum atomic E-state index is 12.1. The number of allylic oxidation sites excluding steroid dienone is 1. The molecular weight excluding hydrogens is 288 g/mol. The summed E-state index contributed by atoms with van der Waals surface area (Å²) in [7, 11) is 0. The number of rotatable bonds is 6. The number of carbonyl (C=O) groups is 1. The summed E-state index contributed by atoms with van der Waals surface area (Å²) in [6, 6.07) is 0. The van der Waals surface area contributed by atoms with Crippen molar-refractivity contribution in [3.63, 3.8) is 0 Å². The van der Waals surface area contributed by atoms with Crippen LogP contribution in [0.3, 0.4) is 0 Å². The first kappa shape index (κ1) is 19.1. The number of esters is 1. The molecule has 0 spiro atoms. The number of aliphatic hydroxyl groups is 2. The van der Waals surface area contributed by atoms with Gasteiger partial charge in [0.15, 0.2) is 0 Å². The minimum atomic E-state index is -1.67. The molecule has 0 aromatic rings. The van der Waals surface area contributed by atoms with E-state index in [1.165, 1.54) is 0 Å². The summed E-state index contributed by atoms with van der Waals surface area (Å²) in [5.74, 6) is -2.23. The SMILES string of the molecule is CC=C(C)C(=O)OC1(C(C)(C)CO)OCC(CC)(CO)CO1. The van der Waals surface area contributed by atoms with Gasteiger partial charge in [0.05, 0.1) is 31.8 Å². The second-order valence-corrected chi connectivity index (χ2v) is 6.55. The summed E-state index contributed by atoms with van der Waals surface area (Å²) < 4.78 is 17.0. The summed E-state index contributed by atoms with van der Waals surface area (Å²) in [6.45, 7) is 8.70. The highest BCUT2D eigenvalue weighted by molar-refractivity contribution is 5.87. The maximum Gasteiger partial charge on any atom is 0.337 e. The van der Waals surface area contributed by atoms with Crippen LogP contribution in [0.5, 0.6) is 0 Å². The van der Waals surface area contributed by atoms with Crippen LogP contribution in [0, 0.1) is 10.8 Å². The zero-order chi connectivity index (χ0) is 17.0. The molecule has 1 saturated heterocycles. The van der Waals surface area contributed by atoms with Crippen LogP contribution < -0.4 is 0 Å². The lowest BCUT2D eigenvalue weighted by Crippen LogP contribution is -2.61. The van der Waals surface area contributed by atoms with E-state index in [0.717, 1.165) is 0 Å². The summed E-state index contributed by atoms with van der Waals surface area (Å²) >= 11 is 0. The predicted molar refractivity (Wildman–Crippen MR) is 80.8 cm³/mol. The highest BCUT2D eigenvalue weighted by Gasteiger charge is 2.56. The highest BCUT2D eigenvalue weighted by atomic mass is 16.9. The second kappa shape index (κ2) is 7.08. The van der Waals surface area contributed by atoms with E-state index < -0.39 is 22.8 Å². The van der Waals surface area contributed by atoms with Crippen molar-refractivity contribution >= 4 is 5.97 Å². The van der Waals surface area contributed by atoms with E-state index in [0.29, 0.717) is 12.0 Å². The van der Waals surface area contributed by atoms with E-state index in [4.69, 9.17) is 14.2 Å². The Balaban J connectivity index is 3.05. The van der Waals surface area contributed by atoms with Crippen LogP contribution in [-0.2, 0) is 19.0 Å². The molecule has 1 aliphatic rings. The summed E-state index contributed by atoms with van der Waals surface area (Å²) in [5.41, 5.74) is -1.04. The number of hydrogen-bond donors (Lipinski definition) is 2. The first-order valence-corrected chi connectivity index (χ1v) is 7.57. The molecule has 6 nitrogen and oxygen atoms in total. The van der Waals surface area contributed by atoms with Crippen LogP contribution in [0.25, 0.3) is 0 Å². The number of aliphatic hydroxyl groups excluding tert-OH is 2. The van der Waals surface area contributed by atoms with Gasteiger partial charge >= 0.3 is 11.9 Å². The van der Waals surface area contributed by atoms with E-state index in [-0.39, 0.29) is 26.4 Å². The summed E-state index contributed by atoms with van der Waals surface area (Å²) in [4.78, 5) is 12.1. The third-order valence-corrected chi connectivity index (χ3v) is 4.43. The van der Waals surface area contributed by atoms with Crippen LogP contribution in [0.15, 0.2) is 11.6 Å². The van der Waals surface area contributed by atoms with Crippen molar-refractivity contribution < 1.29 is 29.2 Å². The van der Waals surface area contributed by atoms with Gasteiger partial charge in [-0.2, -0.15) is 0 Å². The molecule has 2 N–H and O–H groups in total. The molecular formula is C16H28O6. The molecule has 1 heterocycles. The minimum Gasteiger partial charge on any atom is -0.404 e. The molecule has 0 aromatic carbocycles. The third-order valence-electron chi connectivity index (χ3n) is 4.43. The van der Waals surface area contributed by atoms with Crippen molar-refractivity contribution in [3.05, 3.63) is 11.6 Å². The lowest BCUT2D eigenvalue weighted by molar-refractivity contribution is -0.446. The molecule has 1 aliphatic heterocycles. The van der Waals surface area contributed by atoms with Crippen LogP contribution in [-0.4, -0.2) is 48.6 Å². The molecule has 0 unspecified atom stereocenters. The summed E-state index contributed by atoms with van der Waals surface area (Å²) in [6.07, 6.45) is 2.30. The summed E-state index contributed by atoms with van der Waals surface area (Å²) in [5, 5.41) is 19.2. The molecule has 128 valence electrons. The first-order chi connectivity index (χ1) is 10.2. The van der Waals surface area contributed by atoms with E-state index in [1.807, 2.05) is 6.92 Å². The molecule has 0 bridgehead atoms. The third kappa shape index (κ3) is 3.51. The van der Waals surface area contributed by atoms with Gasteiger partial charge in [0.2, 0.25) is 0 Å². The van der Waals surface area contributed by atoms with Crippen LogP contribution in [0.1, 0.15) is 41.0 Å². The Morgan fingerprint density at radius 1 is 1.32 bits per heavy atom. The second-order valence-electron chi connectivity index (χ2n) is 6.55. The molecule has 0 atom stereocenters. The number of hydrogen-bond acceptors (Lipinski definition) is 6. The first-order valence-electron chi connectivity index (χ1n) is 7.57. The van der Waals surface area contributed by atoms with Gasteiger partial charge in [0, 0.05) is 11.0 Å². The maximum absolute atomic E-state index is 12.1. The average Bonchev–Trinajstić information content (AvgIpc) is 2.54. The van der Waals surface area contributed by atoms with E-state index >= 15 is 0 Å². The lowest BCUT2D eigenvalue weighted by Gasteiger charge is -2.49. The van der Waals surface area contributed by atoms with Gasteiger partial charge in [-0.1, -0.05) is 13.0 Å². The van der Waals surface area contributed by atoms with Crippen molar-refractivity contribution in [2.45, 2.75) is 47.0 Å². The zero-order valence-electron chi connectivity index (χ0n) is 14.1. The van der Waals surface area contributed by atoms with Gasteiger partial charge in [0.1, 0.15) is 0 Å². The molecule has 1 fully saturated rings. The molecule has 0 amide bonds. The normalized spacial score (nSPS) is 30.2. The molecule has 0 aromatic heterocycles. The fourth-order valence-electron chi connectivity index (χ4n) is 1.99. The van der Waals surface area contributed by atoms with E-state index in [1.54, 1.807) is 33.8 Å². The van der Waals surface area contributed by atoms with Gasteiger partial charge in [-0.15, -0.1) is 0 Å². The molecule has 0 radical (unpaired) electrons. The molecule has 22 heavy (non-hydrogen) atoms. The van der Waals surface area contributed by atoms with Gasteiger partial charge < -0.3 is 24.4 Å². The Morgan fingerprint density at radius 3 is 2.23 bits per heavy atom. The molecule has 0 saturated carbocycles. The Morgan fingerprint density at radius 2 is 1.86 bits per heavy atom. The number of carbonyl (C=O) groups excluding carboxylic acids is 1. The number of ether oxygens (including phenoxy) is 3. The van der Waals surface area contributed by atoms with Crippen LogP contribution in [0.2, 0.25) is 0 Å². The van der Waals surface area contributed by atoms with Crippen molar-refractivity contribution in [1.82, 2.24) is 0 Å². The predicted octanol–water partition coefficient (Wildman–Crippen LogP) is 1.60.